The summed E-state index contributed by atoms with van der Waals surface area (Å²) in [7, 11) is 0. The topological polar surface area (TPSA) is 159 Å². The number of aromatic nitrogens is 3. The van der Waals surface area contributed by atoms with Gasteiger partial charge in [0, 0.05) is 0 Å². The van der Waals surface area contributed by atoms with E-state index in [1.807, 2.05) is 0 Å². The van der Waals surface area contributed by atoms with Gasteiger partial charge in [-0.05, 0) is 0 Å². The van der Waals surface area contributed by atoms with Gasteiger partial charge in [-0.15, -0.1) is 0 Å². The highest BCUT2D eigenvalue weighted by atomic mass is 16.6. The minimum atomic E-state index is -1.39. The first kappa shape index (κ1) is 18.1. The zero-order valence-electron chi connectivity index (χ0n) is 13.4. The maximum atomic E-state index is 12.2. The van der Waals surface area contributed by atoms with E-state index in [4.69, 9.17) is 14.6 Å². The average molecular weight is 360 g/mol. The zero-order valence-corrected chi connectivity index (χ0v) is 13.4. The minimum absolute atomic E-state index is 0.0195. The van der Waals surface area contributed by atoms with Crippen molar-refractivity contribution in [2.75, 3.05) is 44.9 Å². The zero-order chi connectivity index (χ0) is 18.0. The van der Waals surface area contributed by atoms with Crippen molar-refractivity contribution in [3.05, 3.63) is 16.8 Å². The highest BCUT2D eigenvalue weighted by molar-refractivity contribution is 5.19. The summed E-state index contributed by atoms with van der Waals surface area (Å²) in [6.07, 6.45) is -3.77. The number of hydroxylamine groups is 3. The molecule has 2 aliphatic heterocycles. The van der Waals surface area contributed by atoms with Gasteiger partial charge >= 0.3 is 5.69 Å². The lowest BCUT2D eigenvalue weighted by molar-refractivity contribution is -1.10. The number of rotatable bonds is 5. The van der Waals surface area contributed by atoms with Crippen LogP contribution in [0.1, 0.15) is 6.23 Å². The Balaban J connectivity index is 1.68. The lowest BCUT2D eigenvalue weighted by Crippen LogP contribution is -2.55. The van der Waals surface area contributed by atoms with Crippen molar-refractivity contribution >= 4 is 5.95 Å². The molecule has 1 unspecified atom stereocenters. The van der Waals surface area contributed by atoms with Gasteiger partial charge in [-0.25, -0.2) is 15.0 Å². The molecule has 4 atom stereocenters. The Labute approximate surface area is 142 Å². The van der Waals surface area contributed by atoms with E-state index in [1.54, 1.807) is 0 Å². The monoisotopic (exact) mass is 360 g/mol. The number of ether oxygens (including phenoxy) is 2. The van der Waals surface area contributed by atoms with Crippen LogP contribution in [-0.2, 0) is 9.47 Å². The van der Waals surface area contributed by atoms with Gasteiger partial charge in [-0.3, -0.25) is 4.57 Å². The average Bonchev–Trinajstić information content (AvgIpc) is 2.89. The van der Waals surface area contributed by atoms with Crippen LogP contribution < -0.4 is 11.0 Å². The van der Waals surface area contributed by atoms with E-state index < -0.39 is 36.8 Å². The lowest BCUT2D eigenvalue weighted by atomic mass is 10.1. The first-order valence-corrected chi connectivity index (χ1v) is 7.92. The van der Waals surface area contributed by atoms with Crippen molar-refractivity contribution in [1.82, 2.24) is 14.5 Å². The van der Waals surface area contributed by atoms with E-state index in [0.717, 1.165) is 10.9 Å². The van der Waals surface area contributed by atoms with Crippen molar-refractivity contribution in [3.63, 3.8) is 0 Å². The van der Waals surface area contributed by atoms with Crippen LogP contribution in [0.5, 0.6) is 0 Å². The second kappa shape index (κ2) is 7.29. The summed E-state index contributed by atoms with van der Waals surface area (Å²) in [6, 6.07) is 0. The number of morpholine rings is 1. The van der Waals surface area contributed by atoms with Gasteiger partial charge in [0.2, 0.25) is 5.95 Å². The molecule has 0 aromatic carbocycles. The summed E-state index contributed by atoms with van der Waals surface area (Å²) in [5, 5.41) is 41.9. The molecule has 12 nitrogen and oxygen atoms in total. The van der Waals surface area contributed by atoms with Gasteiger partial charge in [-0.2, -0.15) is 9.63 Å². The molecular formula is C13H22N5O7+. The molecule has 3 heterocycles. The summed E-state index contributed by atoms with van der Waals surface area (Å²) < 4.78 is 11.1. The van der Waals surface area contributed by atoms with Crippen LogP contribution in [0.25, 0.3) is 0 Å². The first-order valence-electron chi connectivity index (χ1n) is 7.92. The number of aliphatic hydroxyl groups excluding tert-OH is 3. The first-order chi connectivity index (χ1) is 11.9. The molecule has 0 amide bonds. The molecule has 140 valence electrons. The maximum Gasteiger partial charge on any atom is 0.354 e. The van der Waals surface area contributed by atoms with E-state index in [2.05, 4.69) is 15.3 Å². The van der Waals surface area contributed by atoms with Gasteiger partial charge in [0.05, 0.1) is 19.8 Å². The van der Waals surface area contributed by atoms with Gasteiger partial charge in [0.25, 0.3) is 0 Å². The summed E-state index contributed by atoms with van der Waals surface area (Å²) >= 11 is 0. The molecule has 1 aromatic heterocycles. The molecule has 0 spiro atoms. The Morgan fingerprint density at radius 2 is 2.04 bits per heavy atom. The predicted octanol–water partition coefficient (Wildman–Crippen LogP) is -3.14. The number of hydrogen-bond acceptors (Lipinski definition) is 10. The molecule has 0 bridgehead atoms. The number of anilines is 1. The molecule has 0 aliphatic carbocycles. The fourth-order valence-corrected chi connectivity index (χ4v) is 2.77. The second-order valence-electron chi connectivity index (χ2n) is 6.09. The quantitative estimate of drug-likeness (QED) is 0.339. The van der Waals surface area contributed by atoms with Crippen molar-refractivity contribution in [2.45, 2.75) is 24.5 Å². The van der Waals surface area contributed by atoms with Crippen LogP contribution in [0.2, 0.25) is 0 Å². The summed E-state index contributed by atoms with van der Waals surface area (Å²) in [5.74, 6) is 0.0195. The van der Waals surface area contributed by atoms with E-state index in [9.17, 15) is 20.2 Å². The molecule has 5 N–H and O–H groups in total. The summed E-state index contributed by atoms with van der Waals surface area (Å²) in [6.45, 7) is 1.31. The lowest BCUT2D eigenvalue weighted by Gasteiger charge is -2.33. The van der Waals surface area contributed by atoms with Crippen LogP contribution in [-0.4, -0.2) is 97.6 Å². The highest BCUT2D eigenvalue weighted by Gasteiger charge is 2.44. The molecule has 3 rings (SSSR count). The van der Waals surface area contributed by atoms with Crippen LogP contribution in [0.4, 0.5) is 5.95 Å². The molecule has 2 saturated heterocycles. The van der Waals surface area contributed by atoms with Crippen LogP contribution in [0.15, 0.2) is 11.1 Å². The third-order valence-corrected chi connectivity index (χ3v) is 4.35. The molecule has 12 heteroatoms. The van der Waals surface area contributed by atoms with Crippen molar-refractivity contribution < 1.29 is 34.6 Å². The normalized spacial score (nSPS) is 31.8. The summed E-state index contributed by atoms with van der Waals surface area (Å²) in [5.41, 5.74) is -0.751. The van der Waals surface area contributed by atoms with Crippen molar-refractivity contribution in [1.29, 1.82) is 0 Å². The summed E-state index contributed by atoms with van der Waals surface area (Å²) in [4.78, 5) is 19.9. The number of aliphatic hydroxyl groups is 3. The number of nitrogens with zero attached hydrogens (tertiary/aromatic N) is 4. The maximum absolute atomic E-state index is 12.2. The van der Waals surface area contributed by atoms with E-state index in [-0.39, 0.29) is 17.3 Å². The van der Waals surface area contributed by atoms with E-state index in [1.165, 1.54) is 0 Å². The van der Waals surface area contributed by atoms with Gasteiger partial charge in [-0.1, -0.05) is 0 Å². The van der Waals surface area contributed by atoms with Crippen molar-refractivity contribution in [2.24, 2.45) is 0 Å². The molecular weight excluding hydrogens is 338 g/mol. The Kier molecular flexibility index (Phi) is 5.29. The molecule has 2 fully saturated rings. The highest BCUT2D eigenvalue weighted by Crippen LogP contribution is 2.27. The van der Waals surface area contributed by atoms with Crippen LogP contribution >= 0.6 is 0 Å². The molecule has 25 heavy (non-hydrogen) atoms. The third-order valence-electron chi connectivity index (χ3n) is 4.35. The molecule has 1 aromatic rings. The third kappa shape index (κ3) is 3.79. The van der Waals surface area contributed by atoms with Crippen molar-refractivity contribution in [3.8, 4) is 0 Å². The largest absolute Gasteiger partial charge is 0.394 e. The Morgan fingerprint density at radius 3 is 2.64 bits per heavy atom. The standard InChI is InChI=1S/C13H21N5O7/c19-5-8-9(20)10(21)11(25-8)17-6-14-12(16-13(17)22)15-7-18(23)1-3-24-4-2-18/h6,8-11,19-21,23H,1-5,7H2/p+1/t8-,9+,10?,11-/m1/s1. The second-order valence-corrected chi connectivity index (χ2v) is 6.09. The predicted molar refractivity (Wildman–Crippen MR) is 80.4 cm³/mol. The smallest absolute Gasteiger partial charge is 0.354 e. The minimum Gasteiger partial charge on any atom is -0.394 e. The Hall–Kier alpha value is -1.67. The van der Waals surface area contributed by atoms with Crippen LogP contribution in [0, 0.1) is 0 Å². The number of nitrogens with one attached hydrogen (secondary N) is 1. The van der Waals surface area contributed by atoms with Gasteiger partial charge in [0.15, 0.2) is 12.9 Å². The Morgan fingerprint density at radius 1 is 1.32 bits per heavy atom. The fraction of sp³-hybridized carbons (Fsp3) is 0.769. The van der Waals surface area contributed by atoms with Gasteiger partial charge < -0.3 is 30.1 Å². The van der Waals surface area contributed by atoms with Gasteiger partial charge in [0.1, 0.15) is 37.7 Å². The van der Waals surface area contributed by atoms with E-state index in [0.29, 0.717) is 26.3 Å². The molecule has 0 saturated carbocycles. The molecule has 0 radical (unpaired) electrons. The Bertz CT molecular complexity index is 650. The number of hydrogen-bond donors (Lipinski definition) is 5. The number of quaternary nitrogens is 1. The SMILES string of the molecule is O=c1nc(NC[N+]2(O)CCOCC2)ncn1[C@@H]1O[C@H](CO)[C@H](O)C1O. The fourth-order valence-electron chi connectivity index (χ4n) is 2.77. The van der Waals surface area contributed by atoms with E-state index >= 15 is 0 Å². The van der Waals surface area contributed by atoms with Crippen LogP contribution in [0.3, 0.4) is 0 Å². The molecule has 2 aliphatic rings.